The molecule has 1 N–H and O–H groups in total. The van der Waals surface area contributed by atoms with Gasteiger partial charge in [-0.1, -0.05) is 33.6 Å². The van der Waals surface area contributed by atoms with Crippen LogP contribution in [0.15, 0.2) is 53.0 Å². The quantitative estimate of drug-likeness (QED) is 0.664. The Morgan fingerprint density at radius 2 is 1.74 bits per heavy atom. The highest BCUT2D eigenvalue weighted by molar-refractivity contribution is 9.10. The molecule has 0 saturated carbocycles. The predicted molar refractivity (Wildman–Crippen MR) is 111 cm³/mol. The van der Waals surface area contributed by atoms with Crippen LogP contribution in [0.3, 0.4) is 0 Å². The molecule has 0 aromatic heterocycles. The summed E-state index contributed by atoms with van der Waals surface area (Å²) >= 11 is 3.31. The number of carbonyl (C=O) groups excluding carboxylic acids is 1. The van der Waals surface area contributed by atoms with E-state index in [1.54, 1.807) is 31.2 Å². The summed E-state index contributed by atoms with van der Waals surface area (Å²) in [4.78, 5) is 12.3. The van der Waals surface area contributed by atoms with E-state index < -0.39 is 15.9 Å². The number of aryl methyl sites for hydroxylation is 1. The van der Waals surface area contributed by atoms with Crippen LogP contribution < -0.4 is 14.4 Å². The Balaban J connectivity index is 1.94. The largest absolute Gasteiger partial charge is 0.491 e. The summed E-state index contributed by atoms with van der Waals surface area (Å²) < 4.78 is 31.7. The van der Waals surface area contributed by atoms with Gasteiger partial charge in [0.1, 0.15) is 18.9 Å². The van der Waals surface area contributed by atoms with Crippen molar-refractivity contribution in [2.75, 3.05) is 23.7 Å². The number of sulfonamides is 1. The molecule has 2 aromatic carbocycles. The minimum absolute atomic E-state index is 0.273. The van der Waals surface area contributed by atoms with Crippen LogP contribution in [-0.2, 0) is 14.8 Å². The third kappa shape index (κ3) is 6.88. The van der Waals surface area contributed by atoms with E-state index >= 15 is 0 Å². The van der Waals surface area contributed by atoms with Gasteiger partial charge < -0.3 is 10.1 Å². The molecule has 2 aromatic rings. The number of benzene rings is 2. The Kier molecular flexibility index (Phi) is 7.26. The topological polar surface area (TPSA) is 75.7 Å². The molecule has 0 bridgehead atoms. The Bertz CT molecular complexity index is 868. The number of rotatable bonds is 8. The van der Waals surface area contributed by atoms with Gasteiger partial charge in [-0.2, -0.15) is 0 Å². The molecule has 8 heteroatoms. The van der Waals surface area contributed by atoms with Gasteiger partial charge in [-0.05, 0) is 50.2 Å². The van der Waals surface area contributed by atoms with Gasteiger partial charge in [-0.3, -0.25) is 9.10 Å². The number of ether oxygens (including phenoxy) is 1. The van der Waals surface area contributed by atoms with E-state index in [1.807, 2.05) is 31.2 Å². The first-order chi connectivity index (χ1) is 12.6. The summed E-state index contributed by atoms with van der Waals surface area (Å²) in [6.07, 6.45) is 1.08. The molecular formula is C19H23BrN2O4S. The molecule has 0 saturated heterocycles. The molecule has 0 aliphatic heterocycles. The van der Waals surface area contributed by atoms with Crippen molar-refractivity contribution in [1.82, 2.24) is 5.32 Å². The van der Waals surface area contributed by atoms with E-state index in [0.717, 1.165) is 20.6 Å². The SMILES string of the molecule is Cc1ccc(OCC(C)NC(=O)CN(c2ccc(Br)cc2)S(C)(=O)=O)cc1. The second kappa shape index (κ2) is 9.23. The smallest absolute Gasteiger partial charge is 0.241 e. The van der Waals surface area contributed by atoms with Crippen molar-refractivity contribution >= 4 is 37.5 Å². The lowest BCUT2D eigenvalue weighted by Gasteiger charge is -2.23. The van der Waals surface area contributed by atoms with E-state index in [0.29, 0.717) is 11.4 Å². The molecule has 0 fully saturated rings. The second-order valence-corrected chi connectivity index (χ2v) is 9.16. The molecule has 0 aliphatic rings. The molecular weight excluding hydrogens is 432 g/mol. The number of hydrogen-bond acceptors (Lipinski definition) is 4. The Morgan fingerprint density at radius 3 is 2.30 bits per heavy atom. The molecule has 2 rings (SSSR count). The fourth-order valence-electron chi connectivity index (χ4n) is 2.36. The van der Waals surface area contributed by atoms with Gasteiger partial charge in [0.15, 0.2) is 0 Å². The van der Waals surface area contributed by atoms with Crippen LogP contribution in [0.1, 0.15) is 12.5 Å². The highest BCUT2D eigenvalue weighted by atomic mass is 79.9. The molecule has 1 atom stereocenters. The molecule has 0 aliphatic carbocycles. The highest BCUT2D eigenvalue weighted by Crippen LogP contribution is 2.20. The Hall–Kier alpha value is -2.06. The summed E-state index contributed by atoms with van der Waals surface area (Å²) in [5.74, 6) is 0.317. The second-order valence-electron chi connectivity index (χ2n) is 6.34. The maximum absolute atomic E-state index is 12.3. The number of nitrogens with zero attached hydrogens (tertiary/aromatic N) is 1. The Morgan fingerprint density at radius 1 is 1.15 bits per heavy atom. The van der Waals surface area contributed by atoms with E-state index in [9.17, 15) is 13.2 Å². The van der Waals surface area contributed by atoms with Crippen LogP contribution in [0.2, 0.25) is 0 Å². The number of hydrogen-bond donors (Lipinski definition) is 1. The standard InChI is InChI=1S/C19H23BrN2O4S/c1-14-4-10-18(11-5-14)26-13-15(2)21-19(23)12-22(27(3,24)25)17-8-6-16(20)7-9-17/h4-11,15H,12-13H2,1-3H3,(H,21,23). The van der Waals surface area contributed by atoms with Crippen molar-refractivity contribution in [2.45, 2.75) is 19.9 Å². The first-order valence-electron chi connectivity index (χ1n) is 8.37. The van der Waals surface area contributed by atoms with Crippen molar-refractivity contribution < 1.29 is 17.9 Å². The van der Waals surface area contributed by atoms with E-state index in [4.69, 9.17) is 4.74 Å². The number of carbonyl (C=O) groups is 1. The number of anilines is 1. The maximum Gasteiger partial charge on any atom is 0.241 e. The van der Waals surface area contributed by atoms with E-state index in [2.05, 4.69) is 21.2 Å². The van der Waals surface area contributed by atoms with Gasteiger partial charge >= 0.3 is 0 Å². The van der Waals surface area contributed by atoms with Gasteiger partial charge in [0.25, 0.3) is 0 Å². The van der Waals surface area contributed by atoms with Gasteiger partial charge in [-0.25, -0.2) is 8.42 Å². The van der Waals surface area contributed by atoms with Gasteiger partial charge in [0.2, 0.25) is 15.9 Å². The van der Waals surface area contributed by atoms with Crippen LogP contribution >= 0.6 is 15.9 Å². The zero-order valence-electron chi connectivity index (χ0n) is 15.5. The van der Waals surface area contributed by atoms with Crippen molar-refractivity contribution in [3.05, 3.63) is 58.6 Å². The fourth-order valence-corrected chi connectivity index (χ4v) is 3.48. The first-order valence-corrected chi connectivity index (χ1v) is 11.0. The van der Waals surface area contributed by atoms with Crippen LogP contribution in [0.4, 0.5) is 5.69 Å². The zero-order valence-corrected chi connectivity index (χ0v) is 17.9. The fraction of sp³-hybridized carbons (Fsp3) is 0.316. The summed E-state index contributed by atoms with van der Waals surface area (Å²) in [6.45, 7) is 3.78. The third-order valence-corrected chi connectivity index (χ3v) is 5.40. The molecule has 0 heterocycles. The Labute approximate surface area is 168 Å². The molecule has 146 valence electrons. The minimum Gasteiger partial charge on any atom is -0.491 e. The van der Waals surface area contributed by atoms with E-state index in [-0.39, 0.29) is 19.2 Å². The van der Waals surface area contributed by atoms with Gasteiger partial charge in [0, 0.05) is 4.47 Å². The van der Waals surface area contributed by atoms with Gasteiger partial charge in [-0.15, -0.1) is 0 Å². The van der Waals surface area contributed by atoms with Crippen LogP contribution in [0, 0.1) is 6.92 Å². The molecule has 0 radical (unpaired) electrons. The molecule has 0 spiro atoms. The lowest BCUT2D eigenvalue weighted by atomic mass is 10.2. The molecule has 1 unspecified atom stereocenters. The van der Waals surface area contributed by atoms with E-state index in [1.165, 1.54) is 0 Å². The van der Waals surface area contributed by atoms with Crippen molar-refractivity contribution in [3.8, 4) is 5.75 Å². The molecule has 1 amide bonds. The lowest BCUT2D eigenvalue weighted by Crippen LogP contribution is -2.44. The summed E-state index contributed by atoms with van der Waals surface area (Å²) in [5, 5.41) is 2.77. The van der Waals surface area contributed by atoms with Gasteiger partial charge in [0.05, 0.1) is 18.0 Å². The number of amides is 1. The predicted octanol–water partition coefficient (Wildman–Crippen LogP) is 3.11. The van der Waals surface area contributed by atoms with Crippen LogP contribution in [0.5, 0.6) is 5.75 Å². The zero-order chi connectivity index (χ0) is 20.0. The van der Waals surface area contributed by atoms with Crippen LogP contribution in [-0.4, -0.2) is 39.8 Å². The average Bonchev–Trinajstić information content (AvgIpc) is 2.59. The number of halogens is 1. The van der Waals surface area contributed by atoms with Crippen molar-refractivity contribution in [1.29, 1.82) is 0 Å². The normalized spacial score (nSPS) is 12.3. The summed E-state index contributed by atoms with van der Waals surface area (Å²) in [5.41, 5.74) is 1.57. The average molecular weight is 455 g/mol. The van der Waals surface area contributed by atoms with Crippen LogP contribution in [0.25, 0.3) is 0 Å². The van der Waals surface area contributed by atoms with Crippen molar-refractivity contribution in [2.24, 2.45) is 0 Å². The highest BCUT2D eigenvalue weighted by Gasteiger charge is 2.21. The number of nitrogens with one attached hydrogen (secondary N) is 1. The third-order valence-electron chi connectivity index (χ3n) is 3.73. The maximum atomic E-state index is 12.3. The molecule has 6 nitrogen and oxygen atoms in total. The monoisotopic (exact) mass is 454 g/mol. The summed E-state index contributed by atoms with van der Waals surface area (Å²) in [7, 11) is -3.60. The first kappa shape index (κ1) is 21.2. The van der Waals surface area contributed by atoms with Crippen molar-refractivity contribution in [3.63, 3.8) is 0 Å². The minimum atomic E-state index is -3.60. The molecule has 27 heavy (non-hydrogen) atoms. The summed E-state index contributed by atoms with van der Waals surface area (Å²) in [6, 6.07) is 14.1. The lowest BCUT2D eigenvalue weighted by molar-refractivity contribution is -0.120.